The Morgan fingerprint density at radius 3 is 2.67 bits per heavy atom. The number of anilines is 1. The van der Waals surface area contributed by atoms with Gasteiger partial charge in [0.2, 0.25) is 0 Å². The largest absolute Gasteiger partial charge is 0.398 e. The van der Waals surface area contributed by atoms with Crippen molar-refractivity contribution in [3.8, 4) is 0 Å². The van der Waals surface area contributed by atoms with E-state index in [-0.39, 0.29) is 12.6 Å². The summed E-state index contributed by atoms with van der Waals surface area (Å²) in [7, 11) is 0. The molecule has 0 saturated heterocycles. The van der Waals surface area contributed by atoms with Crippen molar-refractivity contribution in [1.29, 1.82) is 0 Å². The molecule has 1 unspecified atom stereocenters. The van der Waals surface area contributed by atoms with Gasteiger partial charge in [0.05, 0.1) is 6.61 Å². The van der Waals surface area contributed by atoms with E-state index >= 15 is 0 Å². The van der Waals surface area contributed by atoms with Crippen molar-refractivity contribution in [3.05, 3.63) is 29.3 Å². The SMILES string of the molecule is CC(N)c1ccc(N)c(CO)c1. The van der Waals surface area contributed by atoms with Crippen LogP contribution in [0.1, 0.15) is 24.1 Å². The number of hydrogen-bond donors (Lipinski definition) is 3. The topological polar surface area (TPSA) is 72.3 Å². The molecule has 1 aromatic rings. The molecule has 3 nitrogen and oxygen atoms in total. The second kappa shape index (κ2) is 3.56. The van der Waals surface area contributed by atoms with Crippen LogP contribution in [0.25, 0.3) is 0 Å². The van der Waals surface area contributed by atoms with E-state index < -0.39 is 0 Å². The van der Waals surface area contributed by atoms with Crippen LogP contribution < -0.4 is 11.5 Å². The molecular weight excluding hydrogens is 152 g/mol. The van der Waals surface area contributed by atoms with Gasteiger partial charge in [-0.1, -0.05) is 6.07 Å². The Morgan fingerprint density at radius 2 is 2.17 bits per heavy atom. The van der Waals surface area contributed by atoms with Crippen LogP contribution in [-0.2, 0) is 6.61 Å². The highest BCUT2D eigenvalue weighted by Crippen LogP contribution is 2.17. The van der Waals surface area contributed by atoms with Gasteiger partial charge in [0, 0.05) is 17.3 Å². The number of hydrogen-bond acceptors (Lipinski definition) is 3. The minimum Gasteiger partial charge on any atom is -0.398 e. The average molecular weight is 166 g/mol. The van der Waals surface area contributed by atoms with Crippen molar-refractivity contribution in [2.24, 2.45) is 5.73 Å². The first kappa shape index (κ1) is 9.03. The van der Waals surface area contributed by atoms with Gasteiger partial charge in [0.15, 0.2) is 0 Å². The van der Waals surface area contributed by atoms with Crippen LogP contribution in [0.3, 0.4) is 0 Å². The van der Waals surface area contributed by atoms with E-state index in [0.717, 1.165) is 11.1 Å². The molecule has 0 radical (unpaired) electrons. The van der Waals surface area contributed by atoms with Crippen LogP contribution >= 0.6 is 0 Å². The Kier molecular flexibility index (Phi) is 2.68. The summed E-state index contributed by atoms with van der Waals surface area (Å²) in [6.45, 7) is 1.86. The summed E-state index contributed by atoms with van der Waals surface area (Å²) in [5.41, 5.74) is 13.6. The van der Waals surface area contributed by atoms with Gasteiger partial charge >= 0.3 is 0 Å². The van der Waals surface area contributed by atoms with Crippen LogP contribution in [0.4, 0.5) is 5.69 Å². The van der Waals surface area contributed by atoms with E-state index in [2.05, 4.69) is 0 Å². The van der Waals surface area contributed by atoms with Gasteiger partial charge in [-0.2, -0.15) is 0 Å². The van der Waals surface area contributed by atoms with E-state index in [4.69, 9.17) is 16.6 Å². The van der Waals surface area contributed by atoms with E-state index in [1.807, 2.05) is 19.1 Å². The third-order valence-corrected chi connectivity index (χ3v) is 1.86. The monoisotopic (exact) mass is 166 g/mol. The molecule has 1 aromatic carbocycles. The summed E-state index contributed by atoms with van der Waals surface area (Å²) in [5, 5.41) is 8.90. The fraction of sp³-hybridized carbons (Fsp3) is 0.333. The molecule has 12 heavy (non-hydrogen) atoms. The zero-order chi connectivity index (χ0) is 9.14. The molecule has 0 heterocycles. The number of nitrogens with two attached hydrogens (primary N) is 2. The molecule has 0 fully saturated rings. The maximum atomic E-state index is 8.90. The summed E-state index contributed by atoms with van der Waals surface area (Å²) in [4.78, 5) is 0. The second-order valence-electron chi connectivity index (χ2n) is 2.91. The molecule has 0 aliphatic carbocycles. The Morgan fingerprint density at radius 1 is 1.50 bits per heavy atom. The van der Waals surface area contributed by atoms with Gasteiger partial charge in [0.25, 0.3) is 0 Å². The van der Waals surface area contributed by atoms with Crippen LogP contribution in [0, 0.1) is 0 Å². The first-order valence-corrected chi connectivity index (χ1v) is 3.90. The lowest BCUT2D eigenvalue weighted by Crippen LogP contribution is -2.06. The molecule has 0 saturated carbocycles. The summed E-state index contributed by atoms with van der Waals surface area (Å²) >= 11 is 0. The number of rotatable bonds is 2. The summed E-state index contributed by atoms with van der Waals surface area (Å²) in [5.74, 6) is 0. The molecule has 1 rings (SSSR count). The van der Waals surface area contributed by atoms with Crippen LogP contribution in [-0.4, -0.2) is 5.11 Å². The lowest BCUT2D eigenvalue weighted by atomic mass is 10.0. The standard InChI is InChI=1S/C9H14N2O/c1-6(10)7-2-3-9(11)8(4-7)5-12/h2-4,6,12H,5,10-11H2,1H3. The first-order chi connectivity index (χ1) is 5.65. The van der Waals surface area contributed by atoms with E-state index in [9.17, 15) is 0 Å². The first-order valence-electron chi connectivity index (χ1n) is 3.90. The van der Waals surface area contributed by atoms with Crippen molar-refractivity contribution >= 4 is 5.69 Å². The van der Waals surface area contributed by atoms with Gasteiger partial charge in [-0.05, 0) is 24.6 Å². The van der Waals surface area contributed by atoms with Crippen LogP contribution in [0.5, 0.6) is 0 Å². The zero-order valence-electron chi connectivity index (χ0n) is 7.12. The smallest absolute Gasteiger partial charge is 0.0702 e. The van der Waals surface area contributed by atoms with Crippen LogP contribution in [0.15, 0.2) is 18.2 Å². The molecule has 1 atom stereocenters. The Hall–Kier alpha value is -1.06. The molecular formula is C9H14N2O. The molecule has 0 bridgehead atoms. The third kappa shape index (κ3) is 1.75. The number of aliphatic hydroxyl groups excluding tert-OH is 1. The number of benzene rings is 1. The molecule has 3 heteroatoms. The van der Waals surface area contributed by atoms with Crippen molar-refractivity contribution in [1.82, 2.24) is 0 Å². The zero-order valence-corrected chi connectivity index (χ0v) is 7.12. The fourth-order valence-corrected chi connectivity index (χ4v) is 1.05. The Labute approximate surface area is 72.0 Å². The lowest BCUT2D eigenvalue weighted by Gasteiger charge is -2.08. The average Bonchev–Trinajstić information content (AvgIpc) is 2.05. The highest BCUT2D eigenvalue weighted by molar-refractivity contribution is 5.48. The summed E-state index contributed by atoms with van der Waals surface area (Å²) < 4.78 is 0. The number of aliphatic hydroxyl groups is 1. The van der Waals surface area contributed by atoms with Crippen molar-refractivity contribution in [2.45, 2.75) is 19.6 Å². The predicted octanol–water partition coefficient (Wildman–Crippen LogP) is 0.781. The van der Waals surface area contributed by atoms with E-state index in [1.54, 1.807) is 6.07 Å². The molecule has 0 amide bonds. The number of nitrogen functional groups attached to an aromatic ring is 1. The van der Waals surface area contributed by atoms with Crippen molar-refractivity contribution < 1.29 is 5.11 Å². The predicted molar refractivity (Wildman–Crippen MR) is 49.4 cm³/mol. The normalized spacial score (nSPS) is 12.9. The second-order valence-corrected chi connectivity index (χ2v) is 2.91. The highest BCUT2D eigenvalue weighted by Gasteiger charge is 2.02. The minimum atomic E-state index is -0.0353. The van der Waals surface area contributed by atoms with Gasteiger partial charge in [-0.3, -0.25) is 0 Å². The highest BCUT2D eigenvalue weighted by atomic mass is 16.3. The molecule has 0 aromatic heterocycles. The summed E-state index contributed by atoms with van der Waals surface area (Å²) in [6.07, 6.45) is 0. The summed E-state index contributed by atoms with van der Waals surface area (Å²) in [6, 6.07) is 5.46. The Bertz CT molecular complexity index is 271. The van der Waals surface area contributed by atoms with Gasteiger partial charge in [-0.25, -0.2) is 0 Å². The third-order valence-electron chi connectivity index (χ3n) is 1.86. The minimum absolute atomic E-state index is 0.0177. The molecule has 5 N–H and O–H groups in total. The Balaban J connectivity index is 3.05. The van der Waals surface area contributed by atoms with Crippen molar-refractivity contribution in [3.63, 3.8) is 0 Å². The molecule has 0 aliphatic heterocycles. The maximum Gasteiger partial charge on any atom is 0.0702 e. The van der Waals surface area contributed by atoms with Gasteiger partial charge in [0.1, 0.15) is 0 Å². The molecule has 0 aliphatic rings. The molecule has 66 valence electrons. The lowest BCUT2D eigenvalue weighted by molar-refractivity contribution is 0.282. The van der Waals surface area contributed by atoms with E-state index in [0.29, 0.717) is 5.69 Å². The van der Waals surface area contributed by atoms with Crippen LogP contribution in [0.2, 0.25) is 0 Å². The van der Waals surface area contributed by atoms with E-state index in [1.165, 1.54) is 0 Å². The quantitative estimate of drug-likeness (QED) is 0.568. The fourth-order valence-electron chi connectivity index (χ4n) is 1.05. The van der Waals surface area contributed by atoms with Gasteiger partial charge < -0.3 is 16.6 Å². The van der Waals surface area contributed by atoms with Crippen molar-refractivity contribution in [2.75, 3.05) is 5.73 Å². The maximum absolute atomic E-state index is 8.90. The molecule has 0 spiro atoms. The van der Waals surface area contributed by atoms with Gasteiger partial charge in [-0.15, -0.1) is 0 Å².